The SMILES string of the molecule is CCC(C)C(NC(C)=O)C(=O)Nc1nnc(-c2ccc(Cl)cc2)s1. The van der Waals surface area contributed by atoms with Gasteiger partial charge in [0.05, 0.1) is 0 Å². The quantitative estimate of drug-likeness (QED) is 0.821. The maximum absolute atomic E-state index is 12.4. The van der Waals surface area contributed by atoms with Gasteiger partial charge in [-0.3, -0.25) is 14.9 Å². The van der Waals surface area contributed by atoms with Crippen LogP contribution in [0.25, 0.3) is 10.6 Å². The Kier molecular flexibility index (Phi) is 6.28. The third kappa shape index (κ3) is 4.75. The molecule has 0 aliphatic heterocycles. The summed E-state index contributed by atoms with van der Waals surface area (Å²) in [6, 6.07) is 6.62. The first-order valence-electron chi connectivity index (χ1n) is 7.58. The molecule has 0 aliphatic carbocycles. The molecule has 0 aliphatic rings. The zero-order valence-corrected chi connectivity index (χ0v) is 15.2. The minimum absolute atomic E-state index is 0.0116. The van der Waals surface area contributed by atoms with Gasteiger partial charge < -0.3 is 5.32 Å². The Hall–Kier alpha value is -1.99. The van der Waals surface area contributed by atoms with E-state index in [0.29, 0.717) is 15.2 Å². The molecule has 128 valence electrons. The first-order valence-corrected chi connectivity index (χ1v) is 8.77. The Balaban J connectivity index is 2.11. The molecule has 0 saturated carbocycles. The van der Waals surface area contributed by atoms with E-state index in [1.807, 2.05) is 26.0 Å². The second-order valence-electron chi connectivity index (χ2n) is 5.47. The first-order chi connectivity index (χ1) is 11.4. The van der Waals surface area contributed by atoms with Gasteiger partial charge in [0.15, 0.2) is 0 Å². The summed E-state index contributed by atoms with van der Waals surface area (Å²) in [5.41, 5.74) is 0.873. The molecule has 2 N–H and O–H groups in total. The van der Waals surface area contributed by atoms with E-state index in [9.17, 15) is 9.59 Å². The van der Waals surface area contributed by atoms with Crippen LogP contribution in [-0.4, -0.2) is 28.1 Å². The molecule has 0 radical (unpaired) electrons. The van der Waals surface area contributed by atoms with Crippen LogP contribution in [0, 0.1) is 5.92 Å². The van der Waals surface area contributed by atoms with Crippen molar-refractivity contribution in [3.63, 3.8) is 0 Å². The van der Waals surface area contributed by atoms with Crippen LogP contribution in [0.3, 0.4) is 0 Å². The van der Waals surface area contributed by atoms with Gasteiger partial charge in [-0.05, 0) is 18.1 Å². The summed E-state index contributed by atoms with van der Waals surface area (Å²) < 4.78 is 0. The Morgan fingerprint density at radius 1 is 1.25 bits per heavy atom. The fourth-order valence-corrected chi connectivity index (χ4v) is 2.96. The van der Waals surface area contributed by atoms with Gasteiger partial charge in [0, 0.05) is 17.5 Å². The van der Waals surface area contributed by atoms with Crippen LogP contribution in [0.1, 0.15) is 27.2 Å². The number of rotatable bonds is 6. The van der Waals surface area contributed by atoms with Crippen LogP contribution in [0.5, 0.6) is 0 Å². The number of benzene rings is 1. The van der Waals surface area contributed by atoms with E-state index in [1.165, 1.54) is 18.3 Å². The predicted molar refractivity (Wildman–Crippen MR) is 96.0 cm³/mol. The molecule has 1 aromatic carbocycles. The minimum Gasteiger partial charge on any atom is -0.344 e. The number of carbonyl (C=O) groups excluding carboxylic acids is 2. The molecule has 0 saturated heterocycles. The summed E-state index contributed by atoms with van der Waals surface area (Å²) in [6.45, 7) is 5.28. The molecule has 2 aromatic rings. The van der Waals surface area contributed by atoms with Gasteiger partial charge in [0.25, 0.3) is 0 Å². The standard InChI is InChI=1S/C16H19ClN4O2S/c1-4-9(2)13(18-10(3)22)14(23)19-16-21-20-15(24-16)11-5-7-12(17)8-6-11/h5-9,13H,4H2,1-3H3,(H,18,22)(H,19,21,23). The predicted octanol–water partition coefficient (Wildman–Crippen LogP) is 3.35. The lowest BCUT2D eigenvalue weighted by Gasteiger charge is -2.22. The van der Waals surface area contributed by atoms with Crippen molar-refractivity contribution in [1.82, 2.24) is 15.5 Å². The van der Waals surface area contributed by atoms with Crippen LogP contribution in [-0.2, 0) is 9.59 Å². The van der Waals surface area contributed by atoms with E-state index >= 15 is 0 Å². The zero-order chi connectivity index (χ0) is 17.7. The second kappa shape index (κ2) is 8.21. The van der Waals surface area contributed by atoms with Crippen molar-refractivity contribution in [3.8, 4) is 10.6 Å². The van der Waals surface area contributed by atoms with Gasteiger partial charge in [-0.1, -0.05) is 55.3 Å². The van der Waals surface area contributed by atoms with Crippen LogP contribution in [0.2, 0.25) is 5.02 Å². The lowest BCUT2D eigenvalue weighted by atomic mass is 9.98. The van der Waals surface area contributed by atoms with Crippen molar-refractivity contribution < 1.29 is 9.59 Å². The average molecular weight is 367 g/mol. The molecule has 0 fully saturated rings. The third-order valence-corrected chi connectivity index (χ3v) is 4.74. The maximum atomic E-state index is 12.4. The van der Waals surface area contributed by atoms with E-state index in [2.05, 4.69) is 20.8 Å². The highest BCUT2D eigenvalue weighted by Crippen LogP contribution is 2.27. The zero-order valence-electron chi connectivity index (χ0n) is 13.7. The van der Waals surface area contributed by atoms with Crippen LogP contribution in [0.4, 0.5) is 5.13 Å². The first kappa shape index (κ1) is 18.4. The maximum Gasteiger partial charge on any atom is 0.249 e. The summed E-state index contributed by atoms with van der Waals surface area (Å²) in [7, 11) is 0. The molecule has 8 heteroatoms. The number of nitrogens with zero attached hydrogens (tertiary/aromatic N) is 2. The highest BCUT2D eigenvalue weighted by atomic mass is 35.5. The molecule has 1 aromatic heterocycles. The molecule has 6 nitrogen and oxygen atoms in total. The molecule has 2 amide bonds. The molecule has 0 spiro atoms. The highest BCUT2D eigenvalue weighted by molar-refractivity contribution is 7.18. The lowest BCUT2D eigenvalue weighted by molar-refractivity contribution is -0.126. The van der Waals surface area contributed by atoms with Crippen LogP contribution < -0.4 is 10.6 Å². The Bertz CT molecular complexity index is 717. The molecule has 1 heterocycles. The normalized spacial score (nSPS) is 13.2. The van der Waals surface area contributed by atoms with Gasteiger partial charge >= 0.3 is 0 Å². The molecular formula is C16H19ClN4O2S. The second-order valence-corrected chi connectivity index (χ2v) is 6.89. The van der Waals surface area contributed by atoms with E-state index in [4.69, 9.17) is 11.6 Å². The average Bonchev–Trinajstić information content (AvgIpc) is 3.00. The fourth-order valence-electron chi connectivity index (χ4n) is 2.09. The Morgan fingerprint density at radius 2 is 1.92 bits per heavy atom. The van der Waals surface area contributed by atoms with Gasteiger partial charge in [-0.25, -0.2) is 0 Å². The van der Waals surface area contributed by atoms with Gasteiger partial charge in [-0.15, -0.1) is 10.2 Å². The van der Waals surface area contributed by atoms with Crippen molar-refractivity contribution >= 4 is 39.9 Å². The lowest BCUT2D eigenvalue weighted by Crippen LogP contribution is -2.46. The molecule has 24 heavy (non-hydrogen) atoms. The Morgan fingerprint density at radius 3 is 2.50 bits per heavy atom. The van der Waals surface area contributed by atoms with Crippen molar-refractivity contribution in [2.45, 2.75) is 33.2 Å². The van der Waals surface area contributed by atoms with Gasteiger partial charge in [-0.2, -0.15) is 0 Å². The molecule has 2 atom stereocenters. The van der Waals surface area contributed by atoms with Crippen molar-refractivity contribution in [2.24, 2.45) is 5.92 Å². The van der Waals surface area contributed by atoms with Crippen molar-refractivity contribution in [3.05, 3.63) is 29.3 Å². The summed E-state index contributed by atoms with van der Waals surface area (Å²) in [6.07, 6.45) is 0.768. The number of carbonyl (C=O) groups is 2. The van der Waals surface area contributed by atoms with Crippen LogP contribution in [0.15, 0.2) is 24.3 Å². The number of hydrogen-bond donors (Lipinski definition) is 2. The number of anilines is 1. The molecule has 0 bridgehead atoms. The number of hydrogen-bond acceptors (Lipinski definition) is 5. The molecular weight excluding hydrogens is 348 g/mol. The number of amides is 2. The fraction of sp³-hybridized carbons (Fsp3) is 0.375. The largest absolute Gasteiger partial charge is 0.344 e. The van der Waals surface area contributed by atoms with E-state index in [1.54, 1.807) is 12.1 Å². The minimum atomic E-state index is -0.601. The summed E-state index contributed by atoms with van der Waals surface area (Å²) in [5, 5.41) is 15.2. The summed E-state index contributed by atoms with van der Waals surface area (Å²) in [5.74, 6) is -0.523. The third-order valence-electron chi connectivity index (χ3n) is 3.60. The van der Waals surface area contributed by atoms with Gasteiger partial charge in [0.2, 0.25) is 16.9 Å². The number of nitrogens with one attached hydrogen (secondary N) is 2. The van der Waals surface area contributed by atoms with Gasteiger partial charge in [0.1, 0.15) is 11.0 Å². The number of halogens is 1. The number of aromatic nitrogens is 2. The van der Waals surface area contributed by atoms with E-state index in [0.717, 1.165) is 12.0 Å². The topological polar surface area (TPSA) is 84.0 Å². The molecule has 2 unspecified atom stereocenters. The van der Waals surface area contributed by atoms with Crippen molar-refractivity contribution in [2.75, 3.05) is 5.32 Å². The monoisotopic (exact) mass is 366 g/mol. The van der Waals surface area contributed by atoms with Crippen LogP contribution >= 0.6 is 22.9 Å². The van der Waals surface area contributed by atoms with Crippen molar-refractivity contribution in [1.29, 1.82) is 0 Å². The highest BCUT2D eigenvalue weighted by Gasteiger charge is 2.25. The molecule has 2 rings (SSSR count). The summed E-state index contributed by atoms with van der Waals surface area (Å²) >= 11 is 7.13. The summed E-state index contributed by atoms with van der Waals surface area (Å²) in [4.78, 5) is 23.8. The van der Waals surface area contributed by atoms with E-state index in [-0.39, 0.29) is 17.7 Å². The smallest absolute Gasteiger partial charge is 0.249 e. The Labute approximate surface area is 149 Å². The van der Waals surface area contributed by atoms with E-state index < -0.39 is 6.04 Å².